The van der Waals surface area contributed by atoms with Crippen LogP contribution < -0.4 is 15.5 Å². The van der Waals surface area contributed by atoms with Gasteiger partial charge in [-0.3, -0.25) is 19.4 Å². The molecule has 186 valence electrons. The summed E-state index contributed by atoms with van der Waals surface area (Å²) in [5.41, 5.74) is 1.31. The molecular formula is C25H31ClN6O3. The summed E-state index contributed by atoms with van der Waals surface area (Å²) < 4.78 is 0. The Morgan fingerprint density at radius 2 is 1.86 bits per heavy atom. The number of urea groups is 1. The molecule has 35 heavy (non-hydrogen) atoms. The third kappa shape index (κ3) is 5.10. The molecule has 4 rings (SSSR count). The Hall–Kier alpha value is -3.20. The molecule has 1 aliphatic carbocycles. The van der Waals surface area contributed by atoms with Crippen LogP contribution >= 0.6 is 11.6 Å². The maximum atomic E-state index is 12.7. The highest BCUT2D eigenvalue weighted by Gasteiger charge is 2.46. The second kappa shape index (κ2) is 10.2. The number of likely N-dealkylation sites (N-methyl/N-ethyl adjacent to an activating group) is 1. The normalized spacial score (nSPS) is 19.5. The summed E-state index contributed by atoms with van der Waals surface area (Å²) in [4.78, 5) is 49.2. The molecule has 1 aromatic heterocycles. The van der Waals surface area contributed by atoms with Crippen molar-refractivity contribution in [3.8, 4) is 0 Å². The highest BCUT2D eigenvalue weighted by atomic mass is 35.5. The zero-order valence-corrected chi connectivity index (χ0v) is 21.2. The van der Waals surface area contributed by atoms with Crippen molar-refractivity contribution in [3.05, 3.63) is 46.6 Å². The van der Waals surface area contributed by atoms with Gasteiger partial charge in [0.25, 0.3) is 11.8 Å². The average Bonchev–Trinajstić information content (AvgIpc) is 3.41. The number of hydrogen-bond acceptors (Lipinski definition) is 6. The molecule has 2 heterocycles. The number of imide groups is 1. The molecule has 0 radical (unpaired) electrons. The van der Waals surface area contributed by atoms with Gasteiger partial charge in [0.1, 0.15) is 11.9 Å². The van der Waals surface area contributed by atoms with E-state index in [0.717, 1.165) is 36.1 Å². The van der Waals surface area contributed by atoms with Gasteiger partial charge >= 0.3 is 6.03 Å². The Kier molecular flexibility index (Phi) is 7.25. The predicted octanol–water partition coefficient (Wildman–Crippen LogP) is 4.40. The first-order valence-corrected chi connectivity index (χ1v) is 12.4. The number of carbonyl (C=O) groups excluding carboxylic acids is 3. The number of aromatic nitrogens is 2. The largest absolute Gasteiger partial charge is 0.349 e. The molecule has 0 spiro atoms. The molecule has 2 aromatic rings. The maximum absolute atomic E-state index is 12.7. The molecular weight excluding hydrogens is 468 g/mol. The van der Waals surface area contributed by atoms with Crippen LogP contribution in [0.4, 0.5) is 16.6 Å². The number of benzene rings is 1. The van der Waals surface area contributed by atoms with E-state index < -0.39 is 12.1 Å². The lowest BCUT2D eigenvalue weighted by atomic mass is 10.0. The summed E-state index contributed by atoms with van der Waals surface area (Å²) >= 11 is 6.46. The van der Waals surface area contributed by atoms with Crippen LogP contribution in [0.1, 0.15) is 68.4 Å². The quantitative estimate of drug-likeness (QED) is 0.548. The molecule has 1 saturated heterocycles. The third-order valence-electron chi connectivity index (χ3n) is 6.65. The first kappa shape index (κ1) is 24.9. The van der Waals surface area contributed by atoms with Crippen molar-refractivity contribution in [1.29, 1.82) is 0 Å². The number of hydrogen-bond donors (Lipinski definition) is 2. The van der Waals surface area contributed by atoms with E-state index in [4.69, 9.17) is 11.6 Å². The van der Waals surface area contributed by atoms with Crippen molar-refractivity contribution in [2.75, 3.05) is 17.3 Å². The van der Waals surface area contributed by atoms with E-state index in [9.17, 15) is 14.4 Å². The van der Waals surface area contributed by atoms with Crippen molar-refractivity contribution < 1.29 is 14.4 Å². The van der Waals surface area contributed by atoms with Gasteiger partial charge in [-0.25, -0.2) is 9.78 Å². The lowest BCUT2D eigenvalue weighted by Crippen LogP contribution is -2.39. The van der Waals surface area contributed by atoms with E-state index in [0.29, 0.717) is 22.4 Å². The molecule has 10 heteroatoms. The Bertz CT molecular complexity index is 1130. The van der Waals surface area contributed by atoms with Crippen LogP contribution in [-0.4, -0.2) is 51.8 Å². The fourth-order valence-corrected chi connectivity index (χ4v) is 4.93. The van der Waals surface area contributed by atoms with Crippen molar-refractivity contribution in [1.82, 2.24) is 20.2 Å². The first-order chi connectivity index (χ1) is 16.7. The number of rotatable bonds is 7. The number of nitrogens with one attached hydrogen (secondary N) is 2. The molecule has 1 saturated carbocycles. The average molecular weight is 499 g/mol. The van der Waals surface area contributed by atoms with Crippen LogP contribution in [0.25, 0.3) is 0 Å². The van der Waals surface area contributed by atoms with E-state index in [1.54, 1.807) is 24.4 Å². The van der Waals surface area contributed by atoms with Crippen molar-refractivity contribution in [2.45, 2.75) is 64.6 Å². The zero-order valence-electron chi connectivity index (χ0n) is 20.4. The van der Waals surface area contributed by atoms with Gasteiger partial charge in [0.05, 0.1) is 16.6 Å². The van der Waals surface area contributed by atoms with E-state index in [2.05, 4.69) is 20.6 Å². The standard InChI is InChI=1S/C25H31ClN6O3/c1-14(2)21-23(34)31(4)25(35)32(21)20-11-12-27-24(30-20)28-15(3)16-9-10-18(19(26)13-16)22(33)29-17-7-5-6-8-17/h9-15,17,21H,5-8H2,1-4H3,(H,29,33)(H,27,28,30)/t15?,21-/m0/s1. The van der Waals surface area contributed by atoms with Crippen LogP contribution in [0.15, 0.2) is 30.5 Å². The molecule has 2 fully saturated rings. The maximum Gasteiger partial charge on any atom is 0.332 e. The second-order valence-corrected chi connectivity index (χ2v) is 9.94. The lowest BCUT2D eigenvalue weighted by Gasteiger charge is -2.24. The smallest absolute Gasteiger partial charge is 0.332 e. The Morgan fingerprint density at radius 3 is 2.51 bits per heavy atom. The number of halogens is 1. The molecule has 9 nitrogen and oxygen atoms in total. The van der Waals surface area contributed by atoms with Crippen LogP contribution in [0.2, 0.25) is 5.02 Å². The minimum absolute atomic E-state index is 0.0757. The van der Waals surface area contributed by atoms with Crippen molar-refractivity contribution >= 4 is 41.2 Å². The van der Waals surface area contributed by atoms with Gasteiger partial charge in [-0.05, 0) is 49.4 Å². The van der Waals surface area contributed by atoms with Gasteiger partial charge in [0, 0.05) is 19.3 Å². The van der Waals surface area contributed by atoms with Crippen LogP contribution in [-0.2, 0) is 4.79 Å². The van der Waals surface area contributed by atoms with E-state index in [1.165, 1.54) is 11.9 Å². The first-order valence-electron chi connectivity index (χ1n) is 12.0. The van der Waals surface area contributed by atoms with Gasteiger partial charge < -0.3 is 10.6 Å². The fourth-order valence-electron chi connectivity index (χ4n) is 4.66. The summed E-state index contributed by atoms with van der Waals surface area (Å²) in [5, 5.41) is 6.66. The van der Waals surface area contributed by atoms with Crippen LogP contribution in [0.3, 0.4) is 0 Å². The molecule has 0 bridgehead atoms. The Balaban J connectivity index is 1.49. The van der Waals surface area contributed by atoms with E-state index in [1.807, 2.05) is 26.8 Å². The summed E-state index contributed by atoms with van der Waals surface area (Å²) in [7, 11) is 1.48. The van der Waals surface area contributed by atoms with Gasteiger partial charge in [0.15, 0.2) is 0 Å². The highest BCUT2D eigenvalue weighted by molar-refractivity contribution is 6.33. The molecule has 2 atom stereocenters. The molecule has 4 amide bonds. The van der Waals surface area contributed by atoms with Gasteiger partial charge in [-0.1, -0.05) is 44.4 Å². The van der Waals surface area contributed by atoms with Gasteiger partial charge in [-0.15, -0.1) is 0 Å². The Morgan fingerprint density at radius 1 is 1.14 bits per heavy atom. The minimum atomic E-state index is -0.616. The highest BCUT2D eigenvalue weighted by Crippen LogP contribution is 2.29. The molecule has 1 unspecified atom stereocenters. The van der Waals surface area contributed by atoms with E-state index >= 15 is 0 Å². The molecule has 1 aromatic carbocycles. The Labute approximate surface area is 210 Å². The topological polar surface area (TPSA) is 108 Å². The summed E-state index contributed by atoms with van der Waals surface area (Å²) in [6.45, 7) is 5.72. The summed E-state index contributed by atoms with van der Waals surface area (Å²) in [6, 6.07) is 5.92. The van der Waals surface area contributed by atoms with Crippen molar-refractivity contribution in [2.24, 2.45) is 5.92 Å². The second-order valence-electron chi connectivity index (χ2n) is 9.54. The summed E-state index contributed by atoms with van der Waals surface area (Å²) in [6.07, 6.45) is 5.84. The zero-order chi connectivity index (χ0) is 25.3. The monoisotopic (exact) mass is 498 g/mol. The van der Waals surface area contributed by atoms with E-state index in [-0.39, 0.29) is 29.8 Å². The van der Waals surface area contributed by atoms with Crippen LogP contribution in [0.5, 0.6) is 0 Å². The molecule has 2 N–H and O–H groups in total. The predicted molar refractivity (Wildman–Crippen MR) is 135 cm³/mol. The minimum Gasteiger partial charge on any atom is -0.349 e. The number of nitrogens with zero attached hydrogens (tertiary/aromatic N) is 4. The number of amides is 4. The SMILES string of the molecule is CC(Nc1nccc(N2C(=O)N(C)C(=O)[C@@H]2C(C)C)n1)c1ccc(C(=O)NC2CCCC2)c(Cl)c1. The lowest BCUT2D eigenvalue weighted by molar-refractivity contribution is -0.127. The number of carbonyl (C=O) groups is 3. The molecule has 2 aliphatic rings. The third-order valence-corrected chi connectivity index (χ3v) is 6.96. The van der Waals surface area contributed by atoms with Crippen molar-refractivity contribution in [3.63, 3.8) is 0 Å². The summed E-state index contributed by atoms with van der Waals surface area (Å²) in [5.74, 6) is 0.186. The molecule has 1 aliphatic heterocycles. The van der Waals surface area contributed by atoms with Gasteiger partial charge in [-0.2, -0.15) is 4.98 Å². The fraction of sp³-hybridized carbons (Fsp3) is 0.480. The number of anilines is 2. The van der Waals surface area contributed by atoms with Gasteiger partial charge in [0.2, 0.25) is 5.95 Å². The van der Waals surface area contributed by atoms with Crippen LogP contribution in [0, 0.1) is 5.92 Å².